The van der Waals surface area contributed by atoms with Crippen LogP contribution in [0.5, 0.6) is 0 Å². The second-order valence-electron chi connectivity index (χ2n) is 5.45. The molecule has 0 saturated heterocycles. The number of carbonyl (C=O) groups is 1. The fourth-order valence-corrected chi connectivity index (χ4v) is 3.13. The van der Waals surface area contributed by atoms with Crippen LogP contribution >= 0.6 is 0 Å². The number of allylic oxidation sites excluding steroid dienone is 1. The molecule has 0 bridgehead atoms. The van der Waals surface area contributed by atoms with E-state index in [2.05, 4.69) is 29.2 Å². The summed E-state index contributed by atoms with van der Waals surface area (Å²) in [7, 11) is 3.42. The SMILES string of the molecule is COC(=O)C1=C(C)N(C)c2ccccc2C1c1ccccc1. The smallest absolute Gasteiger partial charge is 0.336 e. The van der Waals surface area contributed by atoms with Crippen LogP contribution in [-0.2, 0) is 9.53 Å². The lowest BCUT2D eigenvalue weighted by molar-refractivity contribution is -0.136. The van der Waals surface area contributed by atoms with Crippen LogP contribution in [0, 0.1) is 0 Å². The van der Waals surface area contributed by atoms with Crippen LogP contribution in [-0.4, -0.2) is 20.1 Å². The zero-order valence-corrected chi connectivity index (χ0v) is 13.0. The molecule has 3 nitrogen and oxygen atoms in total. The van der Waals surface area contributed by atoms with Crippen LogP contribution < -0.4 is 4.90 Å². The highest BCUT2D eigenvalue weighted by Crippen LogP contribution is 2.44. The average molecular weight is 293 g/mol. The topological polar surface area (TPSA) is 29.5 Å². The molecule has 0 N–H and O–H groups in total. The quantitative estimate of drug-likeness (QED) is 0.790. The van der Waals surface area contributed by atoms with Gasteiger partial charge in [-0.1, -0.05) is 48.5 Å². The third-order valence-electron chi connectivity index (χ3n) is 4.33. The third kappa shape index (κ3) is 2.19. The van der Waals surface area contributed by atoms with Gasteiger partial charge in [0.15, 0.2) is 0 Å². The number of anilines is 1. The lowest BCUT2D eigenvalue weighted by Crippen LogP contribution is -2.29. The molecule has 3 rings (SSSR count). The van der Waals surface area contributed by atoms with E-state index in [-0.39, 0.29) is 11.9 Å². The molecule has 0 radical (unpaired) electrons. The minimum Gasteiger partial charge on any atom is -0.466 e. The fourth-order valence-electron chi connectivity index (χ4n) is 3.13. The Labute approximate surface area is 130 Å². The summed E-state index contributed by atoms with van der Waals surface area (Å²) in [5.41, 5.74) is 4.99. The van der Waals surface area contributed by atoms with Crippen molar-refractivity contribution in [2.75, 3.05) is 19.1 Å². The Morgan fingerprint density at radius 1 is 1.05 bits per heavy atom. The van der Waals surface area contributed by atoms with Gasteiger partial charge in [-0.15, -0.1) is 0 Å². The first-order valence-electron chi connectivity index (χ1n) is 7.31. The highest BCUT2D eigenvalue weighted by Gasteiger charge is 2.34. The normalized spacial score (nSPS) is 17.2. The Bertz CT molecular complexity index is 734. The summed E-state index contributed by atoms with van der Waals surface area (Å²) in [5.74, 6) is -0.367. The molecule has 1 unspecified atom stereocenters. The maximum atomic E-state index is 12.4. The Kier molecular flexibility index (Phi) is 3.72. The number of hydrogen-bond donors (Lipinski definition) is 0. The third-order valence-corrected chi connectivity index (χ3v) is 4.33. The summed E-state index contributed by atoms with van der Waals surface area (Å²) < 4.78 is 5.05. The molecule has 3 heteroatoms. The van der Waals surface area contributed by atoms with E-state index in [1.165, 1.54) is 7.11 Å². The molecule has 112 valence electrons. The number of methoxy groups -OCH3 is 1. The van der Waals surface area contributed by atoms with Crippen molar-refractivity contribution in [1.29, 1.82) is 0 Å². The first-order chi connectivity index (χ1) is 10.6. The molecule has 0 amide bonds. The van der Waals surface area contributed by atoms with Gasteiger partial charge in [0, 0.05) is 24.4 Å². The highest BCUT2D eigenvalue weighted by molar-refractivity contribution is 5.94. The van der Waals surface area contributed by atoms with E-state index in [0.29, 0.717) is 5.57 Å². The highest BCUT2D eigenvalue weighted by atomic mass is 16.5. The minimum atomic E-state index is -0.271. The summed E-state index contributed by atoms with van der Waals surface area (Å²) >= 11 is 0. The number of rotatable bonds is 2. The number of esters is 1. The van der Waals surface area contributed by atoms with E-state index in [9.17, 15) is 4.79 Å². The Balaban J connectivity index is 2.27. The van der Waals surface area contributed by atoms with Crippen LogP contribution in [0.3, 0.4) is 0 Å². The van der Waals surface area contributed by atoms with Gasteiger partial charge in [0.1, 0.15) is 0 Å². The molecule has 0 saturated carbocycles. The molecule has 22 heavy (non-hydrogen) atoms. The van der Waals surface area contributed by atoms with Gasteiger partial charge in [-0.2, -0.15) is 0 Å². The summed E-state index contributed by atoms with van der Waals surface area (Å²) in [5, 5.41) is 0. The predicted molar refractivity (Wildman–Crippen MR) is 87.8 cm³/mol. The van der Waals surface area contributed by atoms with Crippen LogP contribution in [0.4, 0.5) is 5.69 Å². The van der Waals surface area contributed by atoms with Crippen molar-refractivity contribution >= 4 is 11.7 Å². The van der Waals surface area contributed by atoms with Crippen molar-refractivity contribution in [3.8, 4) is 0 Å². The monoisotopic (exact) mass is 293 g/mol. The Hall–Kier alpha value is -2.55. The second kappa shape index (κ2) is 5.68. The maximum absolute atomic E-state index is 12.4. The molecule has 2 aromatic carbocycles. The van der Waals surface area contributed by atoms with Crippen LogP contribution in [0.2, 0.25) is 0 Å². The van der Waals surface area contributed by atoms with Gasteiger partial charge in [-0.05, 0) is 24.1 Å². The van der Waals surface area contributed by atoms with E-state index >= 15 is 0 Å². The summed E-state index contributed by atoms with van der Waals surface area (Å²) in [6.07, 6.45) is 0. The number of ether oxygens (including phenoxy) is 1. The van der Waals surface area contributed by atoms with Gasteiger partial charge in [-0.25, -0.2) is 4.79 Å². The molecule has 0 aromatic heterocycles. The number of nitrogens with zero attached hydrogens (tertiary/aromatic N) is 1. The summed E-state index contributed by atoms with van der Waals surface area (Å²) in [6.45, 7) is 1.97. The summed E-state index contributed by atoms with van der Waals surface area (Å²) in [4.78, 5) is 14.5. The summed E-state index contributed by atoms with van der Waals surface area (Å²) in [6, 6.07) is 18.3. The number of para-hydroxylation sites is 1. The van der Waals surface area contributed by atoms with E-state index in [0.717, 1.165) is 22.5 Å². The van der Waals surface area contributed by atoms with E-state index in [4.69, 9.17) is 4.74 Å². The van der Waals surface area contributed by atoms with Crippen molar-refractivity contribution in [1.82, 2.24) is 0 Å². The van der Waals surface area contributed by atoms with Crippen LogP contribution in [0.1, 0.15) is 24.0 Å². The van der Waals surface area contributed by atoms with Crippen molar-refractivity contribution in [3.63, 3.8) is 0 Å². The molecule has 1 aliphatic heterocycles. The van der Waals surface area contributed by atoms with Crippen molar-refractivity contribution in [2.24, 2.45) is 0 Å². The van der Waals surface area contributed by atoms with Crippen molar-refractivity contribution in [3.05, 3.63) is 77.0 Å². The molecule has 1 atom stereocenters. The Morgan fingerprint density at radius 3 is 2.36 bits per heavy atom. The Morgan fingerprint density at radius 2 is 1.68 bits per heavy atom. The fraction of sp³-hybridized carbons (Fsp3) is 0.211. The van der Waals surface area contributed by atoms with Crippen molar-refractivity contribution < 1.29 is 9.53 Å². The van der Waals surface area contributed by atoms with Gasteiger partial charge >= 0.3 is 5.97 Å². The second-order valence-corrected chi connectivity index (χ2v) is 5.45. The first kappa shape index (κ1) is 14.4. The molecular formula is C19H19NO2. The molecule has 0 fully saturated rings. The van der Waals surface area contributed by atoms with Gasteiger partial charge < -0.3 is 9.64 Å². The number of fused-ring (bicyclic) bond motifs is 1. The average Bonchev–Trinajstić information content (AvgIpc) is 2.58. The zero-order valence-electron chi connectivity index (χ0n) is 13.0. The number of carbonyl (C=O) groups excluding carboxylic acids is 1. The maximum Gasteiger partial charge on any atom is 0.336 e. The number of benzene rings is 2. The molecule has 2 aromatic rings. The van der Waals surface area contributed by atoms with E-state index in [1.807, 2.05) is 44.3 Å². The molecule has 1 aliphatic rings. The minimum absolute atomic E-state index is 0.0963. The van der Waals surface area contributed by atoms with Gasteiger partial charge in [0.2, 0.25) is 0 Å². The molecule has 0 aliphatic carbocycles. The van der Waals surface area contributed by atoms with Gasteiger partial charge in [0.25, 0.3) is 0 Å². The molecule has 1 heterocycles. The van der Waals surface area contributed by atoms with E-state index in [1.54, 1.807) is 0 Å². The zero-order chi connectivity index (χ0) is 15.7. The lowest BCUT2D eigenvalue weighted by atomic mass is 9.80. The standard InChI is InChI=1S/C19H19NO2/c1-13-17(19(21)22-3)18(14-9-5-4-6-10-14)15-11-7-8-12-16(15)20(13)2/h4-12,18H,1-3H3. The predicted octanol–water partition coefficient (Wildman–Crippen LogP) is 3.72. The number of hydrogen-bond acceptors (Lipinski definition) is 3. The van der Waals surface area contributed by atoms with Crippen LogP contribution in [0.15, 0.2) is 65.9 Å². The largest absolute Gasteiger partial charge is 0.466 e. The van der Waals surface area contributed by atoms with Crippen molar-refractivity contribution in [2.45, 2.75) is 12.8 Å². The lowest BCUT2D eigenvalue weighted by Gasteiger charge is -2.35. The van der Waals surface area contributed by atoms with Crippen LogP contribution in [0.25, 0.3) is 0 Å². The van der Waals surface area contributed by atoms with Gasteiger partial charge in [0.05, 0.1) is 12.7 Å². The molecule has 0 spiro atoms. The van der Waals surface area contributed by atoms with Gasteiger partial charge in [-0.3, -0.25) is 0 Å². The molecular weight excluding hydrogens is 274 g/mol. The van der Waals surface area contributed by atoms with E-state index < -0.39 is 0 Å². The first-order valence-corrected chi connectivity index (χ1v) is 7.31.